The van der Waals surface area contributed by atoms with Gasteiger partial charge in [0.15, 0.2) is 0 Å². The van der Waals surface area contributed by atoms with Crippen molar-refractivity contribution in [3.8, 4) is 11.5 Å². The first kappa shape index (κ1) is 18.1. The third-order valence-corrected chi connectivity index (χ3v) is 2.14. The number of methoxy groups -OCH3 is 1. The van der Waals surface area contributed by atoms with Gasteiger partial charge in [0, 0.05) is 0 Å². The van der Waals surface area contributed by atoms with Crippen LogP contribution in [0.25, 0.3) is 0 Å². The monoisotopic (exact) mass is 284 g/mol. The molecule has 0 aromatic heterocycles. The Morgan fingerprint density at radius 3 is 2.44 bits per heavy atom. The van der Waals surface area contributed by atoms with Gasteiger partial charge in [-0.1, -0.05) is 17.6 Å². The Morgan fingerprint density at radius 2 is 1.94 bits per heavy atom. The van der Waals surface area contributed by atoms with Crippen LogP contribution in [-0.2, 0) is 0 Å². The van der Waals surface area contributed by atoms with E-state index >= 15 is 0 Å². The molecule has 0 spiro atoms. The maximum atomic E-state index is 12.8. The molecular formula is C11H13BF3KO2. The van der Waals surface area contributed by atoms with Gasteiger partial charge >= 0.3 is 58.4 Å². The molecule has 0 aliphatic carbocycles. The second-order valence-corrected chi connectivity index (χ2v) is 3.36. The van der Waals surface area contributed by atoms with Crippen LogP contribution < -0.4 is 66.3 Å². The van der Waals surface area contributed by atoms with Gasteiger partial charge in [-0.25, -0.2) is 0 Å². The number of benzene rings is 1. The number of ether oxygens (including phenoxy) is 2. The number of halogens is 3. The summed E-state index contributed by atoms with van der Waals surface area (Å²) in [5, 5.41) is 0. The van der Waals surface area contributed by atoms with Crippen molar-refractivity contribution in [2.45, 2.75) is 6.92 Å². The van der Waals surface area contributed by atoms with Crippen molar-refractivity contribution in [2.24, 2.45) is 0 Å². The molecule has 0 saturated heterocycles. The van der Waals surface area contributed by atoms with E-state index in [1.165, 1.54) is 19.2 Å². The molecule has 1 aromatic carbocycles. The molecule has 0 atom stereocenters. The summed E-state index contributed by atoms with van der Waals surface area (Å²) >= 11 is 0. The van der Waals surface area contributed by atoms with Gasteiger partial charge in [0.1, 0.15) is 12.4 Å². The Labute approximate surface area is 147 Å². The summed E-state index contributed by atoms with van der Waals surface area (Å²) in [6.45, 7) is -3.23. The van der Waals surface area contributed by atoms with Crippen molar-refractivity contribution in [2.75, 3.05) is 13.7 Å². The molecule has 0 aliphatic rings. The molecule has 0 heterocycles. The van der Waals surface area contributed by atoms with Gasteiger partial charge in [-0.05, 0) is 25.1 Å². The first-order valence-corrected chi connectivity index (χ1v) is 5.11. The third-order valence-electron chi connectivity index (χ3n) is 2.14. The summed E-state index contributed by atoms with van der Waals surface area (Å²) in [7, 11) is 1.32. The van der Waals surface area contributed by atoms with Crippen molar-refractivity contribution in [1.82, 2.24) is 0 Å². The zero-order valence-corrected chi connectivity index (χ0v) is 13.7. The smallest absolute Gasteiger partial charge is 0.497 e. The largest absolute Gasteiger partial charge is 1.00 e. The van der Waals surface area contributed by atoms with Crippen LogP contribution in [0, 0.1) is 0 Å². The number of allylic oxidation sites excluding steroid dienone is 1. The van der Waals surface area contributed by atoms with E-state index in [1.807, 2.05) is 0 Å². The third kappa shape index (κ3) is 5.36. The molecule has 0 bridgehead atoms. The SMILES string of the molecule is C/C=C/COc1ccc(OC)cc1[B-](F)(F)F.[K+]. The Morgan fingerprint density at radius 1 is 1.28 bits per heavy atom. The Bertz CT molecular complexity index is 408. The molecule has 1 rings (SSSR count). The van der Waals surface area contributed by atoms with E-state index in [1.54, 1.807) is 19.1 Å². The number of rotatable bonds is 5. The second kappa shape index (κ2) is 8.27. The van der Waals surface area contributed by atoms with E-state index in [0.717, 1.165) is 6.07 Å². The fraction of sp³-hybridized carbons (Fsp3) is 0.273. The molecule has 7 heteroatoms. The first-order chi connectivity index (χ1) is 7.99. The maximum Gasteiger partial charge on any atom is 1.00 e. The van der Waals surface area contributed by atoms with Crippen LogP contribution in [0.1, 0.15) is 6.92 Å². The zero-order valence-electron chi connectivity index (χ0n) is 10.6. The van der Waals surface area contributed by atoms with E-state index in [0.29, 0.717) is 0 Å². The van der Waals surface area contributed by atoms with Crippen molar-refractivity contribution < 1.29 is 73.8 Å². The molecule has 2 nitrogen and oxygen atoms in total. The molecule has 0 radical (unpaired) electrons. The first-order valence-electron chi connectivity index (χ1n) is 5.11. The van der Waals surface area contributed by atoms with Crippen molar-refractivity contribution in [3.63, 3.8) is 0 Å². The minimum Gasteiger partial charge on any atom is -0.497 e. The van der Waals surface area contributed by atoms with Gasteiger partial charge in [0.2, 0.25) is 0 Å². The predicted molar refractivity (Wildman–Crippen MR) is 62.0 cm³/mol. The maximum absolute atomic E-state index is 12.8. The summed E-state index contributed by atoms with van der Waals surface area (Å²) in [6, 6.07) is 3.66. The van der Waals surface area contributed by atoms with Crippen molar-refractivity contribution in [1.29, 1.82) is 0 Å². The molecule has 1 aromatic rings. The van der Waals surface area contributed by atoms with Crippen LogP contribution in [0.3, 0.4) is 0 Å². The van der Waals surface area contributed by atoms with E-state index in [4.69, 9.17) is 9.47 Å². The van der Waals surface area contributed by atoms with Gasteiger partial charge in [-0.15, -0.1) is 0 Å². The molecule has 0 unspecified atom stereocenters. The molecule has 18 heavy (non-hydrogen) atoms. The standard InChI is InChI=1S/C11H13BF3O2.K/c1-3-4-7-17-11-6-5-9(16-2)8-10(11)12(13,14)15;/h3-6,8H,7H2,1-2H3;/q-1;+1/b4-3+;. The average Bonchev–Trinajstić information content (AvgIpc) is 2.28. The molecule has 0 amide bonds. The summed E-state index contributed by atoms with van der Waals surface area (Å²) in [6.07, 6.45) is 3.35. The Balaban J connectivity index is 0.00000289. The Kier molecular flexibility index (Phi) is 8.29. The number of hydrogen-bond acceptors (Lipinski definition) is 2. The fourth-order valence-corrected chi connectivity index (χ4v) is 1.27. The summed E-state index contributed by atoms with van der Waals surface area (Å²) in [4.78, 5) is 0. The quantitative estimate of drug-likeness (QED) is 0.546. The van der Waals surface area contributed by atoms with Crippen LogP contribution in [0.15, 0.2) is 30.4 Å². The summed E-state index contributed by atoms with van der Waals surface area (Å²) in [5.41, 5.74) is -0.770. The molecular weight excluding hydrogens is 271 g/mol. The van der Waals surface area contributed by atoms with Gasteiger partial charge in [0.25, 0.3) is 0 Å². The Hall–Kier alpha value is 0.0513. The van der Waals surface area contributed by atoms with Crippen LogP contribution in [0.2, 0.25) is 0 Å². The molecule has 94 valence electrons. The summed E-state index contributed by atoms with van der Waals surface area (Å²) < 4.78 is 48.2. The van der Waals surface area contributed by atoms with Crippen LogP contribution in [-0.4, -0.2) is 20.7 Å². The van der Waals surface area contributed by atoms with Crippen molar-refractivity contribution in [3.05, 3.63) is 30.4 Å². The van der Waals surface area contributed by atoms with Crippen molar-refractivity contribution >= 4 is 12.4 Å². The van der Waals surface area contributed by atoms with Gasteiger partial charge in [-0.2, -0.15) is 0 Å². The minimum absolute atomic E-state index is 0. The minimum atomic E-state index is -5.11. The normalized spacial score (nSPS) is 11.2. The van der Waals surface area contributed by atoms with Gasteiger partial charge in [0.05, 0.1) is 12.9 Å². The molecule has 0 saturated carbocycles. The predicted octanol–water partition coefficient (Wildman–Crippen LogP) is -0.291. The molecule has 0 fully saturated rings. The zero-order chi connectivity index (χ0) is 12.9. The summed E-state index contributed by atoms with van der Waals surface area (Å²) in [5.74, 6) is -0.00557. The molecule has 0 aliphatic heterocycles. The van der Waals surface area contributed by atoms with E-state index in [2.05, 4.69) is 0 Å². The van der Waals surface area contributed by atoms with Gasteiger partial charge < -0.3 is 22.4 Å². The molecule has 0 N–H and O–H groups in total. The van der Waals surface area contributed by atoms with Crippen LogP contribution in [0.5, 0.6) is 11.5 Å². The van der Waals surface area contributed by atoms with E-state index in [-0.39, 0.29) is 69.5 Å². The average molecular weight is 284 g/mol. The van der Waals surface area contributed by atoms with E-state index < -0.39 is 12.4 Å². The van der Waals surface area contributed by atoms with Crippen LogP contribution in [0.4, 0.5) is 12.9 Å². The fourth-order valence-electron chi connectivity index (χ4n) is 1.27. The van der Waals surface area contributed by atoms with E-state index in [9.17, 15) is 12.9 Å². The topological polar surface area (TPSA) is 18.5 Å². The number of hydrogen-bond donors (Lipinski definition) is 0. The van der Waals surface area contributed by atoms with Gasteiger partial charge in [-0.3, -0.25) is 0 Å². The van der Waals surface area contributed by atoms with Crippen LogP contribution >= 0.6 is 0 Å². The second-order valence-electron chi connectivity index (χ2n) is 3.36.